The summed E-state index contributed by atoms with van der Waals surface area (Å²) in [6, 6.07) is 4.75. The fourth-order valence-corrected chi connectivity index (χ4v) is 3.04. The van der Waals surface area contributed by atoms with Crippen LogP contribution >= 0.6 is 11.3 Å². The normalized spacial score (nSPS) is 13.2. The van der Waals surface area contributed by atoms with Gasteiger partial charge in [0, 0.05) is 35.8 Å². The molecule has 0 aliphatic rings. The third-order valence-electron chi connectivity index (χ3n) is 3.37. The number of hydrogen-bond acceptors (Lipinski definition) is 3. The molecule has 2 aromatic heterocycles. The molecular formula is C14H21N3S. The van der Waals surface area contributed by atoms with Gasteiger partial charge in [0.15, 0.2) is 0 Å². The molecule has 4 heteroatoms. The molecule has 0 radical (unpaired) electrons. The van der Waals surface area contributed by atoms with Gasteiger partial charge < -0.3 is 5.32 Å². The van der Waals surface area contributed by atoms with Gasteiger partial charge in [0.2, 0.25) is 0 Å². The maximum absolute atomic E-state index is 4.28. The Morgan fingerprint density at radius 2 is 2.22 bits per heavy atom. The molecule has 0 aliphatic heterocycles. The first kappa shape index (κ1) is 13.3. The predicted molar refractivity (Wildman–Crippen MR) is 76.7 cm³/mol. The van der Waals surface area contributed by atoms with E-state index in [0.29, 0.717) is 12.0 Å². The van der Waals surface area contributed by atoms with Gasteiger partial charge in [-0.3, -0.25) is 4.68 Å². The summed E-state index contributed by atoms with van der Waals surface area (Å²) in [4.78, 5) is 1.41. The second-order valence-corrected chi connectivity index (χ2v) is 5.98. The summed E-state index contributed by atoms with van der Waals surface area (Å²) in [6.45, 7) is 7.50. The molecule has 98 valence electrons. The molecule has 1 atom stereocenters. The summed E-state index contributed by atoms with van der Waals surface area (Å²) in [6.07, 6.45) is 1.95. The lowest BCUT2D eigenvalue weighted by Gasteiger charge is -2.21. The van der Waals surface area contributed by atoms with Crippen LogP contribution in [-0.2, 0) is 13.6 Å². The first-order valence-corrected chi connectivity index (χ1v) is 7.22. The smallest absolute Gasteiger partial charge is 0.0537 e. The van der Waals surface area contributed by atoms with Gasteiger partial charge in [0.1, 0.15) is 0 Å². The molecule has 0 saturated heterocycles. The van der Waals surface area contributed by atoms with Gasteiger partial charge in [-0.25, -0.2) is 0 Å². The summed E-state index contributed by atoms with van der Waals surface area (Å²) in [5, 5.41) is 10.1. The van der Waals surface area contributed by atoms with Crippen LogP contribution in [-0.4, -0.2) is 9.78 Å². The van der Waals surface area contributed by atoms with Gasteiger partial charge in [-0.05, 0) is 24.3 Å². The van der Waals surface area contributed by atoms with E-state index in [-0.39, 0.29) is 0 Å². The molecule has 2 rings (SSSR count). The number of nitrogens with one attached hydrogen (secondary N) is 1. The van der Waals surface area contributed by atoms with Gasteiger partial charge in [-0.2, -0.15) is 5.10 Å². The monoisotopic (exact) mass is 263 g/mol. The van der Waals surface area contributed by atoms with Crippen LogP contribution in [0.1, 0.15) is 36.0 Å². The van der Waals surface area contributed by atoms with Crippen LogP contribution in [0.2, 0.25) is 0 Å². The molecule has 0 aliphatic carbocycles. The Labute approximate surface area is 113 Å². The average Bonchev–Trinajstić information content (AvgIpc) is 2.94. The zero-order valence-corrected chi connectivity index (χ0v) is 12.3. The maximum Gasteiger partial charge on any atom is 0.0537 e. The Bertz CT molecular complexity index is 485. The standard InChI is InChI=1S/C14H21N3S/c1-10(2)14(13-6-5-7-18-13)15-8-12-9-16-17(4)11(12)3/h5-7,9-10,14-15H,8H2,1-4H3. The van der Waals surface area contributed by atoms with Crippen molar-refractivity contribution in [3.8, 4) is 0 Å². The molecule has 2 heterocycles. The first-order chi connectivity index (χ1) is 8.59. The lowest BCUT2D eigenvalue weighted by Crippen LogP contribution is -2.24. The fraction of sp³-hybridized carbons (Fsp3) is 0.500. The van der Waals surface area contributed by atoms with E-state index in [4.69, 9.17) is 0 Å². The highest BCUT2D eigenvalue weighted by Gasteiger charge is 2.16. The zero-order chi connectivity index (χ0) is 13.1. The number of aromatic nitrogens is 2. The van der Waals surface area contributed by atoms with Gasteiger partial charge in [0.05, 0.1) is 6.20 Å². The minimum absolute atomic E-state index is 0.421. The molecule has 18 heavy (non-hydrogen) atoms. The second-order valence-electron chi connectivity index (χ2n) is 5.00. The number of aryl methyl sites for hydroxylation is 1. The highest BCUT2D eigenvalue weighted by Crippen LogP contribution is 2.26. The van der Waals surface area contributed by atoms with Crippen molar-refractivity contribution < 1.29 is 0 Å². The SMILES string of the molecule is Cc1c(CNC(c2cccs2)C(C)C)cnn1C. The number of hydrogen-bond donors (Lipinski definition) is 1. The highest BCUT2D eigenvalue weighted by molar-refractivity contribution is 7.10. The van der Waals surface area contributed by atoms with Crippen molar-refractivity contribution in [1.82, 2.24) is 15.1 Å². The second kappa shape index (κ2) is 5.67. The zero-order valence-electron chi connectivity index (χ0n) is 11.5. The van der Waals surface area contributed by atoms with Crippen molar-refractivity contribution in [3.63, 3.8) is 0 Å². The molecule has 2 aromatic rings. The van der Waals surface area contributed by atoms with Crippen LogP contribution in [0.15, 0.2) is 23.7 Å². The average molecular weight is 263 g/mol. The van der Waals surface area contributed by atoms with Crippen LogP contribution in [0.25, 0.3) is 0 Å². The van der Waals surface area contributed by atoms with Crippen LogP contribution in [0.5, 0.6) is 0 Å². The predicted octanol–water partition coefficient (Wildman–Crippen LogP) is 3.28. The Morgan fingerprint density at radius 1 is 1.44 bits per heavy atom. The number of thiophene rings is 1. The summed E-state index contributed by atoms with van der Waals surface area (Å²) in [7, 11) is 1.98. The highest BCUT2D eigenvalue weighted by atomic mass is 32.1. The summed E-state index contributed by atoms with van der Waals surface area (Å²) in [5.74, 6) is 0.584. The molecule has 1 unspecified atom stereocenters. The molecule has 0 bridgehead atoms. The van der Waals surface area contributed by atoms with Gasteiger partial charge in [-0.1, -0.05) is 19.9 Å². The minimum atomic E-state index is 0.421. The third-order valence-corrected chi connectivity index (χ3v) is 4.32. The fourth-order valence-electron chi connectivity index (χ4n) is 2.07. The van der Waals surface area contributed by atoms with E-state index < -0.39 is 0 Å². The number of rotatable bonds is 5. The van der Waals surface area contributed by atoms with E-state index in [1.807, 2.05) is 29.3 Å². The Balaban J connectivity index is 2.05. The molecular weight excluding hydrogens is 242 g/mol. The lowest BCUT2D eigenvalue weighted by molar-refractivity contribution is 0.416. The van der Waals surface area contributed by atoms with Gasteiger partial charge in [0.25, 0.3) is 0 Å². The van der Waals surface area contributed by atoms with Crippen LogP contribution < -0.4 is 5.32 Å². The van der Waals surface area contributed by atoms with Crippen LogP contribution in [0.3, 0.4) is 0 Å². The van der Waals surface area contributed by atoms with Gasteiger partial charge in [-0.15, -0.1) is 11.3 Å². The van der Waals surface area contributed by atoms with Crippen molar-refractivity contribution >= 4 is 11.3 Å². The lowest BCUT2D eigenvalue weighted by atomic mass is 10.0. The van der Waals surface area contributed by atoms with Crippen LogP contribution in [0, 0.1) is 12.8 Å². The van der Waals surface area contributed by atoms with E-state index in [9.17, 15) is 0 Å². The minimum Gasteiger partial charge on any atom is -0.305 e. The molecule has 0 saturated carbocycles. The third kappa shape index (κ3) is 2.82. The Kier molecular flexibility index (Phi) is 4.19. The largest absolute Gasteiger partial charge is 0.305 e. The Hall–Kier alpha value is -1.13. The first-order valence-electron chi connectivity index (χ1n) is 6.34. The van der Waals surface area contributed by atoms with Gasteiger partial charge >= 0.3 is 0 Å². The summed E-state index contributed by atoms with van der Waals surface area (Å²) in [5.41, 5.74) is 2.51. The topological polar surface area (TPSA) is 29.9 Å². The van der Waals surface area contributed by atoms with E-state index in [2.05, 4.69) is 48.7 Å². The molecule has 0 aromatic carbocycles. The molecule has 0 spiro atoms. The Morgan fingerprint density at radius 3 is 2.72 bits per heavy atom. The molecule has 0 amide bonds. The van der Waals surface area contributed by atoms with E-state index in [1.165, 1.54) is 16.1 Å². The summed E-state index contributed by atoms with van der Waals surface area (Å²) < 4.78 is 1.92. The number of nitrogens with zero attached hydrogens (tertiary/aromatic N) is 2. The van der Waals surface area contributed by atoms with Crippen molar-refractivity contribution in [2.75, 3.05) is 0 Å². The van der Waals surface area contributed by atoms with Crippen molar-refractivity contribution in [3.05, 3.63) is 39.8 Å². The summed E-state index contributed by atoms with van der Waals surface area (Å²) >= 11 is 1.82. The van der Waals surface area contributed by atoms with E-state index in [1.54, 1.807) is 0 Å². The quantitative estimate of drug-likeness (QED) is 0.897. The molecule has 3 nitrogen and oxygen atoms in total. The molecule has 1 N–H and O–H groups in total. The van der Waals surface area contributed by atoms with E-state index in [0.717, 1.165) is 6.54 Å². The van der Waals surface area contributed by atoms with Crippen molar-refractivity contribution in [2.24, 2.45) is 13.0 Å². The van der Waals surface area contributed by atoms with Crippen molar-refractivity contribution in [1.29, 1.82) is 0 Å². The van der Waals surface area contributed by atoms with E-state index >= 15 is 0 Å². The van der Waals surface area contributed by atoms with Crippen LogP contribution in [0.4, 0.5) is 0 Å². The van der Waals surface area contributed by atoms with Crippen molar-refractivity contribution in [2.45, 2.75) is 33.4 Å². The maximum atomic E-state index is 4.28. The molecule has 0 fully saturated rings.